The Morgan fingerprint density at radius 1 is 1.11 bits per heavy atom. The number of anilines is 3. The van der Waals surface area contributed by atoms with E-state index in [0.717, 1.165) is 23.8 Å². The minimum Gasteiger partial charge on any atom is -0.466 e. The van der Waals surface area contributed by atoms with Crippen molar-refractivity contribution in [3.8, 4) is 11.3 Å². The number of nitrogens with zero attached hydrogens (tertiary/aromatic N) is 7. The Hall–Kier alpha value is -3.43. The van der Waals surface area contributed by atoms with Gasteiger partial charge in [0.15, 0.2) is 16.8 Å². The van der Waals surface area contributed by atoms with Gasteiger partial charge >= 0.3 is 12.1 Å². The molecule has 0 spiro atoms. The number of hydrogen-bond donors (Lipinski definition) is 1. The lowest BCUT2D eigenvalue weighted by Crippen LogP contribution is -2.47. The Bertz CT molecular complexity index is 1490. The van der Waals surface area contributed by atoms with Gasteiger partial charge in [-0.15, -0.1) is 0 Å². The van der Waals surface area contributed by atoms with E-state index in [4.69, 9.17) is 4.74 Å². The maximum absolute atomic E-state index is 15.8. The van der Waals surface area contributed by atoms with Crippen molar-refractivity contribution in [3.05, 3.63) is 40.5 Å². The van der Waals surface area contributed by atoms with Gasteiger partial charge in [0.1, 0.15) is 6.33 Å². The fraction of sp³-hybridized carbons (Fsp3) is 0.567. The van der Waals surface area contributed by atoms with E-state index in [-0.39, 0.29) is 28.9 Å². The zero-order valence-corrected chi connectivity index (χ0v) is 26.6. The van der Waals surface area contributed by atoms with E-state index >= 15 is 4.39 Å². The Morgan fingerprint density at radius 3 is 2.49 bits per heavy atom. The van der Waals surface area contributed by atoms with E-state index in [9.17, 15) is 18.0 Å². The smallest absolute Gasteiger partial charge is 0.418 e. The molecule has 0 aliphatic carbocycles. The van der Waals surface area contributed by atoms with Crippen LogP contribution in [0, 0.1) is 12.7 Å². The summed E-state index contributed by atoms with van der Waals surface area (Å²) >= 11 is 1.26. The summed E-state index contributed by atoms with van der Waals surface area (Å²) in [6, 6.07) is 1.69. The minimum atomic E-state index is -4.56. The number of pyridine rings is 1. The molecule has 10 nitrogen and oxygen atoms in total. The van der Waals surface area contributed by atoms with Crippen LogP contribution >= 0.6 is 11.3 Å². The van der Waals surface area contributed by atoms with Crippen molar-refractivity contribution in [1.29, 1.82) is 0 Å². The van der Waals surface area contributed by atoms with Crippen molar-refractivity contribution >= 4 is 34.1 Å². The zero-order chi connectivity index (χ0) is 32.3. The third kappa shape index (κ3) is 7.69. The molecule has 0 bridgehead atoms. The SMILES string of the molecule is CCOC(=O)CCN1CCN(c2ncnc(Nc3nc(-c4cnc(C)c(C(F)(F)F)c4)c(CN4[C@H](C)CC[C@H]4C)s3)c2F)CC1. The number of carbonyl (C=O) groups is 1. The number of piperazine rings is 1. The number of hydrogen-bond acceptors (Lipinski definition) is 11. The van der Waals surface area contributed by atoms with Crippen LogP contribution in [0.25, 0.3) is 11.3 Å². The van der Waals surface area contributed by atoms with E-state index in [2.05, 4.69) is 48.9 Å². The number of ether oxygens (including phenoxy) is 1. The lowest BCUT2D eigenvalue weighted by Gasteiger charge is -2.35. The second-order valence-electron chi connectivity index (χ2n) is 11.5. The monoisotopic (exact) mass is 650 g/mol. The number of thiazole rings is 1. The van der Waals surface area contributed by atoms with E-state index in [1.165, 1.54) is 30.8 Å². The van der Waals surface area contributed by atoms with Gasteiger partial charge in [-0.3, -0.25) is 19.6 Å². The molecule has 3 aromatic rings. The van der Waals surface area contributed by atoms with Gasteiger partial charge in [0.25, 0.3) is 0 Å². The molecule has 5 rings (SSSR count). The van der Waals surface area contributed by atoms with Gasteiger partial charge in [-0.05, 0) is 46.6 Å². The molecule has 45 heavy (non-hydrogen) atoms. The second-order valence-corrected chi connectivity index (χ2v) is 12.5. The minimum absolute atomic E-state index is 0.0717. The van der Waals surface area contributed by atoms with Gasteiger partial charge in [0.2, 0.25) is 5.82 Å². The van der Waals surface area contributed by atoms with E-state index in [1.807, 2.05) is 4.90 Å². The van der Waals surface area contributed by atoms with Crippen LogP contribution in [0.4, 0.5) is 34.3 Å². The first kappa shape index (κ1) is 32.9. The molecule has 5 heterocycles. The first-order valence-electron chi connectivity index (χ1n) is 15.1. The molecule has 15 heteroatoms. The predicted molar refractivity (Wildman–Crippen MR) is 164 cm³/mol. The first-order valence-corrected chi connectivity index (χ1v) is 16.0. The first-order chi connectivity index (χ1) is 21.4. The normalized spacial score (nSPS) is 19.7. The predicted octanol–water partition coefficient (Wildman–Crippen LogP) is 5.65. The average molecular weight is 651 g/mol. The molecule has 0 saturated carbocycles. The summed E-state index contributed by atoms with van der Waals surface area (Å²) in [7, 11) is 0. The third-order valence-corrected chi connectivity index (χ3v) is 9.39. The Labute approximate surface area is 263 Å². The van der Waals surface area contributed by atoms with Crippen LogP contribution in [0.2, 0.25) is 0 Å². The van der Waals surface area contributed by atoms with Crippen LogP contribution < -0.4 is 10.2 Å². The van der Waals surface area contributed by atoms with Crippen molar-refractivity contribution in [3.63, 3.8) is 0 Å². The number of rotatable bonds is 10. The van der Waals surface area contributed by atoms with Crippen molar-refractivity contribution in [1.82, 2.24) is 29.7 Å². The van der Waals surface area contributed by atoms with Crippen LogP contribution in [-0.2, 0) is 22.3 Å². The van der Waals surface area contributed by atoms with Crippen molar-refractivity contribution in [2.45, 2.75) is 71.8 Å². The highest BCUT2D eigenvalue weighted by Gasteiger charge is 2.34. The van der Waals surface area contributed by atoms with Crippen molar-refractivity contribution in [2.24, 2.45) is 0 Å². The molecule has 2 saturated heterocycles. The highest BCUT2D eigenvalue weighted by molar-refractivity contribution is 7.16. The summed E-state index contributed by atoms with van der Waals surface area (Å²) in [6.45, 7) is 11.0. The molecule has 2 aliphatic rings. The average Bonchev–Trinajstić information content (AvgIpc) is 3.55. The quantitative estimate of drug-likeness (QED) is 0.219. The Balaban J connectivity index is 1.37. The summed E-state index contributed by atoms with van der Waals surface area (Å²) in [4.78, 5) is 35.7. The highest BCUT2D eigenvalue weighted by atomic mass is 32.1. The summed E-state index contributed by atoms with van der Waals surface area (Å²) in [5.41, 5.74) is -0.306. The van der Waals surface area contributed by atoms with Gasteiger partial charge in [-0.25, -0.2) is 15.0 Å². The fourth-order valence-electron chi connectivity index (χ4n) is 5.85. The lowest BCUT2D eigenvalue weighted by molar-refractivity contribution is -0.143. The number of aromatic nitrogens is 4. The molecule has 0 radical (unpaired) electrons. The molecular weight excluding hydrogens is 612 g/mol. The van der Waals surface area contributed by atoms with Crippen LogP contribution in [0.1, 0.15) is 56.2 Å². The molecule has 2 aliphatic heterocycles. The highest BCUT2D eigenvalue weighted by Crippen LogP contribution is 2.39. The third-order valence-electron chi connectivity index (χ3n) is 8.43. The lowest BCUT2D eigenvalue weighted by atomic mass is 10.1. The molecule has 0 amide bonds. The Morgan fingerprint density at radius 2 is 1.82 bits per heavy atom. The maximum atomic E-state index is 15.8. The molecule has 3 aromatic heterocycles. The molecule has 244 valence electrons. The van der Waals surface area contributed by atoms with Crippen LogP contribution in [0.3, 0.4) is 0 Å². The van der Waals surface area contributed by atoms with E-state index in [1.54, 1.807) is 6.92 Å². The van der Waals surface area contributed by atoms with Gasteiger partial charge < -0.3 is 15.0 Å². The summed E-state index contributed by atoms with van der Waals surface area (Å²) in [6.07, 6.45) is 0.469. The van der Waals surface area contributed by atoms with Crippen LogP contribution in [0.15, 0.2) is 18.6 Å². The number of aryl methyl sites for hydroxylation is 1. The van der Waals surface area contributed by atoms with Gasteiger partial charge in [-0.2, -0.15) is 17.6 Å². The number of carbonyl (C=O) groups excluding carboxylic acids is 1. The second kappa shape index (κ2) is 13.9. The molecule has 1 N–H and O–H groups in total. The topological polar surface area (TPSA) is 99.6 Å². The number of esters is 1. The Kier molecular flexibility index (Phi) is 10.2. The summed E-state index contributed by atoms with van der Waals surface area (Å²) < 4.78 is 62.1. The van der Waals surface area contributed by atoms with Crippen molar-refractivity contribution < 1.29 is 27.1 Å². The molecule has 2 fully saturated rings. The standard InChI is InChI=1S/C30H38F4N8O2S/c1-5-44-24(43)8-9-40-10-12-41(13-11-40)28-25(31)27(36-17-37-28)39-29-38-26(21-14-22(30(32,33)34)20(4)35-15-21)23(45-29)16-42-18(2)6-7-19(42)3/h14-15,17-19H,5-13,16H2,1-4H3,(H,36,37,38,39)/t18-,19-/m1/s1. The van der Waals surface area contributed by atoms with Gasteiger partial charge in [0, 0.05) is 73.7 Å². The number of likely N-dealkylation sites (tertiary alicyclic amines) is 1. The van der Waals surface area contributed by atoms with Crippen molar-refractivity contribution in [2.75, 3.05) is 49.5 Å². The van der Waals surface area contributed by atoms with Gasteiger partial charge in [0.05, 0.1) is 24.3 Å². The number of nitrogens with one attached hydrogen (secondary N) is 1. The zero-order valence-electron chi connectivity index (χ0n) is 25.8. The summed E-state index contributed by atoms with van der Waals surface area (Å²) in [5, 5.41) is 3.28. The maximum Gasteiger partial charge on any atom is 0.418 e. The van der Waals surface area contributed by atoms with E-state index in [0.29, 0.717) is 75.2 Å². The molecular formula is C30H38F4N8O2S. The van der Waals surface area contributed by atoms with Crippen LogP contribution in [-0.4, -0.2) is 87.1 Å². The van der Waals surface area contributed by atoms with Gasteiger partial charge in [-0.1, -0.05) is 11.3 Å². The number of alkyl halides is 3. The van der Waals surface area contributed by atoms with E-state index < -0.39 is 17.6 Å². The largest absolute Gasteiger partial charge is 0.466 e. The summed E-state index contributed by atoms with van der Waals surface area (Å²) in [5.74, 6) is -0.812. The molecule has 2 atom stereocenters. The van der Waals surface area contributed by atoms with Crippen LogP contribution in [0.5, 0.6) is 0 Å². The molecule has 0 unspecified atom stereocenters. The fourth-order valence-corrected chi connectivity index (χ4v) is 6.84. The number of halogens is 4. The molecule has 0 aromatic carbocycles.